The molecule has 0 aromatic heterocycles. The standard InChI is InChI=1S/C45H51N3O10/c1-44(2,3)57-39(51)20-18-34(27-49)47-42(53)30-15-10-11-28(21-30)26-46-41(52)33-22-36(55-43(54)35-16-9-8-12-29(35)17-19-38(50)48(4)5)40-37(23-33)56-45(58-40)24-31-13-6-7-14-32(31)25-45/h6-17,19,21,23,34,36-37,40,49H,18,20,22,24-27H2,1-5H3,(H,46,52)(H,47,53). The number of esters is 2. The number of aliphatic hydroxyl groups excluding tert-OH is 1. The van der Waals surface area contributed by atoms with E-state index in [1.807, 2.05) is 24.3 Å². The molecule has 1 fully saturated rings. The van der Waals surface area contributed by atoms with E-state index in [1.165, 1.54) is 11.0 Å². The predicted octanol–water partition coefficient (Wildman–Crippen LogP) is 4.45. The van der Waals surface area contributed by atoms with E-state index >= 15 is 0 Å². The third-order valence-electron chi connectivity index (χ3n) is 10.1. The number of carbonyl (C=O) groups excluding carboxylic acids is 5. The maximum absolute atomic E-state index is 13.8. The zero-order chi connectivity index (χ0) is 41.6. The fourth-order valence-corrected chi connectivity index (χ4v) is 7.28. The number of hydrogen-bond donors (Lipinski definition) is 3. The molecule has 0 radical (unpaired) electrons. The molecule has 13 heteroatoms. The van der Waals surface area contributed by atoms with Gasteiger partial charge in [-0.2, -0.15) is 0 Å². The summed E-state index contributed by atoms with van der Waals surface area (Å²) in [5.41, 5.74) is 3.63. The van der Waals surface area contributed by atoms with Crippen molar-refractivity contribution in [2.75, 3.05) is 20.7 Å². The van der Waals surface area contributed by atoms with Crippen LogP contribution in [0.3, 0.4) is 0 Å². The first-order valence-corrected chi connectivity index (χ1v) is 19.4. The lowest BCUT2D eigenvalue weighted by Gasteiger charge is -2.30. The van der Waals surface area contributed by atoms with E-state index in [0.29, 0.717) is 35.1 Å². The highest BCUT2D eigenvalue weighted by Crippen LogP contribution is 2.45. The number of hydrogen-bond acceptors (Lipinski definition) is 10. The molecule has 3 amide bonds. The first-order chi connectivity index (χ1) is 27.6. The van der Waals surface area contributed by atoms with Crippen molar-refractivity contribution in [3.8, 4) is 0 Å². The quantitative estimate of drug-likeness (QED) is 0.166. The third-order valence-corrected chi connectivity index (χ3v) is 10.1. The molecular weight excluding hydrogens is 743 g/mol. The normalized spacial score (nSPS) is 19.8. The fraction of sp³-hybridized carbons (Fsp3) is 0.400. The predicted molar refractivity (Wildman–Crippen MR) is 214 cm³/mol. The van der Waals surface area contributed by atoms with Crippen LogP contribution in [0.5, 0.6) is 0 Å². The molecule has 1 aliphatic heterocycles. The number of benzene rings is 3. The van der Waals surface area contributed by atoms with Crippen LogP contribution in [0.2, 0.25) is 0 Å². The second-order valence-electron chi connectivity index (χ2n) is 16.1. The second-order valence-corrected chi connectivity index (χ2v) is 16.1. The Kier molecular flexibility index (Phi) is 12.9. The molecule has 0 saturated carbocycles. The Labute approximate surface area is 338 Å². The van der Waals surface area contributed by atoms with Gasteiger partial charge in [-0.1, -0.05) is 54.6 Å². The van der Waals surface area contributed by atoms with Gasteiger partial charge in [-0.15, -0.1) is 0 Å². The van der Waals surface area contributed by atoms with Gasteiger partial charge in [-0.05, 0) is 79.8 Å². The largest absolute Gasteiger partial charge is 0.460 e. The molecule has 4 unspecified atom stereocenters. The van der Waals surface area contributed by atoms with Crippen molar-refractivity contribution in [1.82, 2.24) is 15.5 Å². The molecule has 13 nitrogen and oxygen atoms in total. The van der Waals surface area contributed by atoms with Crippen LogP contribution in [-0.2, 0) is 52.7 Å². The Morgan fingerprint density at radius 2 is 1.66 bits per heavy atom. The van der Waals surface area contributed by atoms with Crippen molar-refractivity contribution in [3.63, 3.8) is 0 Å². The molecule has 58 heavy (non-hydrogen) atoms. The molecular formula is C45H51N3O10. The van der Waals surface area contributed by atoms with E-state index in [1.54, 1.807) is 95.5 Å². The first kappa shape index (κ1) is 42.0. The number of aliphatic hydroxyl groups is 1. The SMILES string of the molecule is CN(C)C(=O)C=Cc1ccccc1C(=O)OC1CC(C(=O)NCc2cccc(C(=O)NC(CO)CCC(=O)OC(C)(C)C)c2)=CC2OC3(Cc4ccccc4C3)OC21. The molecule has 3 N–H and O–H groups in total. The molecule has 3 aromatic carbocycles. The van der Waals surface area contributed by atoms with Gasteiger partial charge in [0.15, 0.2) is 5.79 Å². The van der Waals surface area contributed by atoms with Gasteiger partial charge in [0.05, 0.1) is 18.2 Å². The molecule has 306 valence electrons. The smallest absolute Gasteiger partial charge is 0.339 e. The van der Waals surface area contributed by atoms with Gasteiger partial charge in [0.25, 0.3) is 5.91 Å². The lowest BCUT2D eigenvalue weighted by Crippen LogP contribution is -2.43. The minimum absolute atomic E-state index is 0.0298. The Hall–Kier alpha value is -5.63. The third kappa shape index (κ3) is 10.5. The molecule has 0 bridgehead atoms. The fourth-order valence-electron chi connectivity index (χ4n) is 7.28. The van der Waals surface area contributed by atoms with Gasteiger partial charge in [-0.25, -0.2) is 4.79 Å². The first-order valence-electron chi connectivity index (χ1n) is 19.4. The maximum Gasteiger partial charge on any atom is 0.339 e. The summed E-state index contributed by atoms with van der Waals surface area (Å²) in [6.45, 7) is 5.03. The van der Waals surface area contributed by atoms with Crippen molar-refractivity contribution in [2.24, 2.45) is 0 Å². The van der Waals surface area contributed by atoms with Crippen LogP contribution < -0.4 is 10.6 Å². The van der Waals surface area contributed by atoms with Gasteiger partial charge in [0, 0.05) is 63.5 Å². The van der Waals surface area contributed by atoms with Crippen LogP contribution in [0.15, 0.2) is 90.5 Å². The topological polar surface area (TPSA) is 170 Å². The summed E-state index contributed by atoms with van der Waals surface area (Å²) in [6, 6.07) is 20.9. The molecule has 1 saturated heterocycles. The Morgan fingerprint density at radius 1 is 0.948 bits per heavy atom. The van der Waals surface area contributed by atoms with E-state index in [2.05, 4.69) is 10.6 Å². The summed E-state index contributed by atoms with van der Waals surface area (Å²) in [5.74, 6) is -3.12. The number of nitrogens with one attached hydrogen (secondary N) is 2. The van der Waals surface area contributed by atoms with Crippen LogP contribution in [-0.4, -0.2) is 96.1 Å². The Morgan fingerprint density at radius 3 is 2.34 bits per heavy atom. The molecule has 3 aromatic rings. The molecule has 3 aliphatic rings. The number of likely N-dealkylation sites (N-methyl/N-ethyl adjacent to an activating group) is 1. The molecule has 4 atom stereocenters. The highest BCUT2D eigenvalue weighted by molar-refractivity contribution is 5.98. The van der Waals surface area contributed by atoms with E-state index < -0.39 is 59.5 Å². The summed E-state index contributed by atoms with van der Waals surface area (Å²) >= 11 is 0. The highest BCUT2D eigenvalue weighted by Gasteiger charge is 2.55. The number of nitrogens with zero attached hydrogens (tertiary/aromatic N) is 1. The minimum atomic E-state index is -0.981. The lowest BCUT2D eigenvalue weighted by molar-refractivity contribution is -0.172. The van der Waals surface area contributed by atoms with Gasteiger partial charge in [-0.3, -0.25) is 19.2 Å². The number of ether oxygens (including phenoxy) is 4. The summed E-state index contributed by atoms with van der Waals surface area (Å²) < 4.78 is 24.7. The highest BCUT2D eigenvalue weighted by atomic mass is 16.8. The summed E-state index contributed by atoms with van der Waals surface area (Å²) in [5, 5.41) is 15.6. The Bertz CT molecular complexity index is 2080. The molecule has 2 aliphatic carbocycles. The van der Waals surface area contributed by atoms with Crippen molar-refractivity contribution in [1.29, 1.82) is 0 Å². The molecule has 1 heterocycles. The van der Waals surface area contributed by atoms with Crippen LogP contribution in [0.1, 0.15) is 83.0 Å². The summed E-state index contributed by atoms with van der Waals surface area (Å²) in [4.78, 5) is 66.6. The average Bonchev–Trinajstić information content (AvgIpc) is 3.74. The van der Waals surface area contributed by atoms with E-state index in [0.717, 1.165) is 11.1 Å². The number of fused-ring (bicyclic) bond motifs is 2. The minimum Gasteiger partial charge on any atom is -0.460 e. The maximum atomic E-state index is 13.8. The van der Waals surface area contributed by atoms with Crippen molar-refractivity contribution >= 4 is 35.7 Å². The average molecular weight is 794 g/mol. The van der Waals surface area contributed by atoms with Gasteiger partial charge in [0.1, 0.15) is 23.9 Å². The van der Waals surface area contributed by atoms with Crippen LogP contribution >= 0.6 is 0 Å². The van der Waals surface area contributed by atoms with Crippen molar-refractivity contribution < 1.29 is 48.0 Å². The summed E-state index contributed by atoms with van der Waals surface area (Å²) in [7, 11) is 3.27. The van der Waals surface area contributed by atoms with Crippen molar-refractivity contribution in [3.05, 3.63) is 124 Å². The Balaban J connectivity index is 1.14. The van der Waals surface area contributed by atoms with Gasteiger partial charge < -0.3 is 39.6 Å². The van der Waals surface area contributed by atoms with Crippen LogP contribution in [0, 0.1) is 0 Å². The molecule has 1 spiro atoms. The number of amides is 3. The van der Waals surface area contributed by atoms with Crippen LogP contribution in [0.4, 0.5) is 0 Å². The van der Waals surface area contributed by atoms with Crippen molar-refractivity contribution in [2.45, 2.75) is 95.2 Å². The zero-order valence-corrected chi connectivity index (χ0v) is 33.5. The zero-order valence-electron chi connectivity index (χ0n) is 33.5. The van der Waals surface area contributed by atoms with Crippen LogP contribution in [0.25, 0.3) is 6.08 Å². The lowest BCUT2D eigenvalue weighted by atomic mass is 9.91. The number of carbonyl (C=O) groups is 5. The number of rotatable bonds is 13. The van der Waals surface area contributed by atoms with E-state index in [9.17, 15) is 29.1 Å². The molecule has 6 rings (SSSR count). The monoisotopic (exact) mass is 793 g/mol. The van der Waals surface area contributed by atoms with E-state index in [4.69, 9.17) is 18.9 Å². The second kappa shape index (κ2) is 17.9. The van der Waals surface area contributed by atoms with Gasteiger partial charge >= 0.3 is 11.9 Å². The summed E-state index contributed by atoms with van der Waals surface area (Å²) in [6.07, 6.45) is 3.73. The van der Waals surface area contributed by atoms with E-state index in [-0.39, 0.29) is 43.9 Å². The van der Waals surface area contributed by atoms with Gasteiger partial charge in [0.2, 0.25) is 11.8 Å².